The number of alkyl halides is 1. The van der Waals surface area contributed by atoms with Gasteiger partial charge in [0.2, 0.25) is 0 Å². The van der Waals surface area contributed by atoms with Crippen LogP contribution in [-0.4, -0.2) is 4.83 Å². The SMILES string of the molecule is BrC1C2=C(CCC=C2)C(c2cccc3cc(-c4ccccc4)ccc23)=C2C=CC=CC21. The van der Waals surface area contributed by atoms with Gasteiger partial charge in [-0.1, -0.05) is 113 Å². The van der Waals surface area contributed by atoms with Gasteiger partial charge in [-0.3, -0.25) is 0 Å². The highest BCUT2D eigenvalue weighted by atomic mass is 79.9. The molecule has 0 nitrogen and oxygen atoms in total. The molecule has 6 rings (SSSR count). The fourth-order valence-electron chi connectivity index (χ4n) is 5.27. The van der Waals surface area contributed by atoms with Crippen molar-refractivity contribution in [1.82, 2.24) is 0 Å². The first-order valence-corrected chi connectivity index (χ1v) is 11.9. The fraction of sp³-hybridized carbons (Fsp3) is 0.133. The van der Waals surface area contributed by atoms with Crippen molar-refractivity contribution in [2.45, 2.75) is 17.7 Å². The number of fused-ring (bicyclic) bond motifs is 2. The van der Waals surface area contributed by atoms with E-state index in [4.69, 9.17) is 0 Å². The quantitative estimate of drug-likeness (QED) is 0.335. The Kier molecular flexibility index (Phi) is 4.65. The van der Waals surface area contributed by atoms with Crippen LogP contribution in [0.3, 0.4) is 0 Å². The zero-order valence-corrected chi connectivity index (χ0v) is 18.8. The molecule has 0 bridgehead atoms. The Morgan fingerprint density at radius 2 is 1.68 bits per heavy atom. The largest absolute Gasteiger partial charge is 0.0839 e. The molecule has 31 heavy (non-hydrogen) atoms. The van der Waals surface area contributed by atoms with Gasteiger partial charge >= 0.3 is 0 Å². The molecule has 0 aliphatic heterocycles. The van der Waals surface area contributed by atoms with Gasteiger partial charge < -0.3 is 0 Å². The summed E-state index contributed by atoms with van der Waals surface area (Å²) in [5.41, 5.74) is 9.74. The van der Waals surface area contributed by atoms with Crippen molar-refractivity contribution in [2.24, 2.45) is 5.92 Å². The van der Waals surface area contributed by atoms with Gasteiger partial charge in [0, 0.05) is 5.92 Å². The molecule has 0 heterocycles. The number of benzene rings is 3. The Balaban J connectivity index is 1.58. The van der Waals surface area contributed by atoms with E-state index in [1.54, 1.807) is 0 Å². The van der Waals surface area contributed by atoms with Crippen molar-refractivity contribution in [1.29, 1.82) is 0 Å². The maximum absolute atomic E-state index is 4.03. The maximum atomic E-state index is 4.03. The van der Waals surface area contributed by atoms with Gasteiger partial charge in [0.25, 0.3) is 0 Å². The molecule has 3 aliphatic carbocycles. The topological polar surface area (TPSA) is 0 Å². The summed E-state index contributed by atoms with van der Waals surface area (Å²) in [5, 5.41) is 2.63. The molecule has 0 N–H and O–H groups in total. The van der Waals surface area contributed by atoms with E-state index in [9.17, 15) is 0 Å². The molecule has 150 valence electrons. The lowest BCUT2D eigenvalue weighted by Crippen LogP contribution is -2.25. The van der Waals surface area contributed by atoms with E-state index < -0.39 is 0 Å². The molecule has 2 unspecified atom stereocenters. The van der Waals surface area contributed by atoms with Crippen molar-refractivity contribution >= 4 is 32.3 Å². The third-order valence-electron chi connectivity index (χ3n) is 6.73. The smallest absolute Gasteiger partial charge is 0.0501 e. The standard InChI is InChI=1S/C30H23Br/c31-30-27-14-6-4-12-25(27)29(26-13-5-7-15-28(26)30)24-16-8-11-22-19-21(17-18-23(22)24)20-9-2-1-3-10-20/h1-4,6-12,14-19,27,30H,5,13H2. The van der Waals surface area contributed by atoms with Gasteiger partial charge in [-0.05, 0) is 68.7 Å². The Morgan fingerprint density at radius 1 is 0.774 bits per heavy atom. The molecule has 3 aromatic carbocycles. The van der Waals surface area contributed by atoms with Crippen LogP contribution in [0.2, 0.25) is 0 Å². The van der Waals surface area contributed by atoms with Gasteiger partial charge in [0.05, 0.1) is 4.83 Å². The normalized spacial score (nSPS) is 22.1. The third kappa shape index (κ3) is 3.11. The van der Waals surface area contributed by atoms with Crippen molar-refractivity contribution in [3.63, 3.8) is 0 Å². The van der Waals surface area contributed by atoms with E-state index in [0.717, 1.165) is 12.8 Å². The summed E-state index contributed by atoms with van der Waals surface area (Å²) < 4.78 is 0. The second kappa shape index (κ2) is 7.66. The van der Waals surface area contributed by atoms with E-state index in [1.165, 1.54) is 49.8 Å². The lowest BCUT2D eigenvalue weighted by Gasteiger charge is -2.36. The van der Waals surface area contributed by atoms with Crippen LogP contribution in [0.4, 0.5) is 0 Å². The maximum Gasteiger partial charge on any atom is 0.0501 e. The van der Waals surface area contributed by atoms with Crippen LogP contribution in [0, 0.1) is 5.92 Å². The molecule has 3 aromatic rings. The highest BCUT2D eigenvalue weighted by molar-refractivity contribution is 9.09. The van der Waals surface area contributed by atoms with E-state index in [-0.39, 0.29) is 0 Å². The van der Waals surface area contributed by atoms with E-state index in [2.05, 4.69) is 119 Å². The van der Waals surface area contributed by atoms with Crippen LogP contribution < -0.4 is 0 Å². The average Bonchev–Trinajstić information content (AvgIpc) is 2.84. The van der Waals surface area contributed by atoms with Crippen LogP contribution in [-0.2, 0) is 0 Å². The first-order chi connectivity index (χ1) is 15.3. The van der Waals surface area contributed by atoms with Gasteiger partial charge in [-0.25, -0.2) is 0 Å². The monoisotopic (exact) mass is 462 g/mol. The van der Waals surface area contributed by atoms with Gasteiger partial charge in [-0.15, -0.1) is 0 Å². The summed E-state index contributed by atoms with van der Waals surface area (Å²) >= 11 is 4.03. The number of hydrogen-bond acceptors (Lipinski definition) is 0. The lowest BCUT2D eigenvalue weighted by molar-refractivity contribution is 0.763. The molecular formula is C30H23Br. The van der Waals surface area contributed by atoms with Crippen LogP contribution in [0.25, 0.3) is 27.5 Å². The highest BCUT2D eigenvalue weighted by Gasteiger charge is 2.34. The second-order valence-electron chi connectivity index (χ2n) is 8.48. The van der Waals surface area contributed by atoms with Gasteiger partial charge in [0.1, 0.15) is 0 Å². The zero-order chi connectivity index (χ0) is 20.8. The molecule has 3 aliphatic rings. The Hall–Kier alpha value is -2.90. The Bertz CT molecular complexity index is 1330. The van der Waals surface area contributed by atoms with Gasteiger partial charge in [0.15, 0.2) is 0 Å². The van der Waals surface area contributed by atoms with Crippen LogP contribution in [0.5, 0.6) is 0 Å². The van der Waals surface area contributed by atoms with E-state index >= 15 is 0 Å². The predicted octanol–water partition coefficient (Wildman–Crippen LogP) is 8.43. The summed E-state index contributed by atoms with van der Waals surface area (Å²) in [7, 11) is 0. The molecule has 2 atom stereocenters. The summed E-state index contributed by atoms with van der Waals surface area (Å²) in [6, 6.07) is 24.3. The molecule has 0 saturated heterocycles. The molecule has 0 fully saturated rings. The summed E-state index contributed by atoms with van der Waals surface area (Å²) in [5.74, 6) is 0.375. The molecule has 0 saturated carbocycles. The number of hydrogen-bond donors (Lipinski definition) is 0. The van der Waals surface area contributed by atoms with Crippen LogP contribution >= 0.6 is 15.9 Å². The average molecular weight is 463 g/mol. The zero-order valence-electron chi connectivity index (χ0n) is 17.3. The van der Waals surface area contributed by atoms with Crippen molar-refractivity contribution in [3.8, 4) is 11.1 Å². The van der Waals surface area contributed by atoms with Gasteiger partial charge in [-0.2, -0.15) is 0 Å². The van der Waals surface area contributed by atoms with E-state index in [0.29, 0.717) is 10.7 Å². The number of rotatable bonds is 2. The number of halogens is 1. The number of allylic oxidation sites excluding steroid dienone is 10. The summed E-state index contributed by atoms with van der Waals surface area (Å²) in [6.45, 7) is 0. The molecule has 0 spiro atoms. The summed E-state index contributed by atoms with van der Waals surface area (Å²) in [6.07, 6.45) is 15.9. The Morgan fingerprint density at radius 3 is 2.58 bits per heavy atom. The van der Waals surface area contributed by atoms with Crippen molar-refractivity contribution < 1.29 is 0 Å². The lowest BCUT2D eigenvalue weighted by atomic mass is 9.71. The molecule has 0 amide bonds. The minimum atomic E-state index is 0.346. The Labute approximate surface area is 192 Å². The fourth-order valence-corrected chi connectivity index (χ4v) is 6.16. The van der Waals surface area contributed by atoms with Crippen molar-refractivity contribution in [2.75, 3.05) is 0 Å². The van der Waals surface area contributed by atoms with E-state index in [1.807, 2.05) is 0 Å². The predicted molar refractivity (Wildman–Crippen MR) is 136 cm³/mol. The first kappa shape index (κ1) is 18.8. The highest BCUT2D eigenvalue weighted by Crippen LogP contribution is 2.49. The van der Waals surface area contributed by atoms with Crippen LogP contribution in [0.1, 0.15) is 18.4 Å². The minimum Gasteiger partial charge on any atom is -0.0839 e. The van der Waals surface area contributed by atoms with Crippen molar-refractivity contribution in [3.05, 3.63) is 125 Å². The minimum absolute atomic E-state index is 0.346. The molecule has 0 radical (unpaired) electrons. The second-order valence-corrected chi connectivity index (χ2v) is 9.47. The molecular weight excluding hydrogens is 440 g/mol. The van der Waals surface area contributed by atoms with Crippen LogP contribution in [0.15, 0.2) is 120 Å². The molecule has 1 heteroatoms. The summed E-state index contributed by atoms with van der Waals surface area (Å²) in [4.78, 5) is 0.346. The third-order valence-corrected chi connectivity index (χ3v) is 7.79. The molecule has 0 aromatic heterocycles. The first-order valence-electron chi connectivity index (χ1n) is 11.0.